The van der Waals surface area contributed by atoms with Crippen molar-refractivity contribution in [2.24, 2.45) is 7.05 Å². The van der Waals surface area contributed by atoms with Crippen LogP contribution < -0.4 is 5.32 Å². The molecular weight excluding hydrogens is 360 g/mol. The van der Waals surface area contributed by atoms with E-state index in [2.05, 4.69) is 26.4 Å². The zero-order valence-corrected chi connectivity index (χ0v) is 15.7. The van der Waals surface area contributed by atoms with Crippen LogP contribution in [0.4, 0.5) is 5.00 Å². The van der Waals surface area contributed by atoms with Gasteiger partial charge in [0, 0.05) is 44.0 Å². The van der Waals surface area contributed by atoms with Crippen LogP contribution in [0.25, 0.3) is 0 Å². The Balaban J connectivity index is 1.53. The van der Waals surface area contributed by atoms with Gasteiger partial charge in [0.25, 0.3) is 5.91 Å². The van der Waals surface area contributed by atoms with Crippen molar-refractivity contribution < 1.29 is 4.79 Å². The molecule has 1 aliphatic heterocycles. The number of nitriles is 1. The lowest BCUT2D eigenvalue weighted by atomic mass is 10.0. The van der Waals surface area contributed by atoms with Crippen LogP contribution in [0, 0.1) is 11.3 Å². The molecule has 0 aliphatic carbocycles. The number of thiophene rings is 1. The smallest absolute Gasteiger partial charge is 0.259 e. The number of carbonyl (C=O) groups is 1. The summed E-state index contributed by atoms with van der Waals surface area (Å²) < 4.78 is 1.58. The normalized spacial score (nSPS) is 13.8. The van der Waals surface area contributed by atoms with Gasteiger partial charge in [0.2, 0.25) is 0 Å². The van der Waals surface area contributed by atoms with Crippen LogP contribution in [0.15, 0.2) is 36.8 Å². The third-order valence-corrected chi connectivity index (χ3v) is 5.69. The van der Waals surface area contributed by atoms with Gasteiger partial charge in [0.05, 0.1) is 23.0 Å². The summed E-state index contributed by atoms with van der Waals surface area (Å²) in [6, 6.07) is 8.19. The van der Waals surface area contributed by atoms with Crippen molar-refractivity contribution in [3.63, 3.8) is 0 Å². The van der Waals surface area contributed by atoms with Crippen molar-refractivity contribution in [1.29, 1.82) is 5.26 Å². The Bertz CT molecular complexity index is 1020. The number of pyridine rings is 1. The highest BCUT2D eigenvalue weighted by atomic mass is 32.1. The Morgan fingerprint density at radius 2 is 2.33 bits per heavy atom. The highest BCUT2D eigenvalue weighted by Gasteiger charge is 2.25. The maximum atomic E-state index is 12.4. The van der Waals surface area contributed by atoms with Crippen molar-refractivity contribution in [2.75, 3.05) is 11.9 Å². The van der Waals surface area contributed by atoms with Gasteiger partial charge >= 0.3 is 0 Å². The molecule has 1 amide bonds. The maximum absolute atomic E-state index is 12.4. The standard InChI is InChI=1S/C19H18N6OS/c1-24-10-13(9-22-24)18(26)23-19-16(8-20)15-5-7-25(12-17(15)27-19)11-14-4-2-3-6-21-14/h2-4,6,9-10H,5,7,11-12H2,1H3,(H,23,26). The molecule has 3 aromatic heterocycles. The first kappa shape index (κ1) is 17.4. The van der Waals surface area contributed by atoms with Gasteiger partial charge in [-0.25, -0.2) is 0 Å². The van der Waals surface area contributed by atoms with Crippen molar-refractivity contribution >= 4 is 22.2 Å². The Labute approximate surface area is 160 Å². The lowest BCUT2D eigenvalue weighted by molar-refractivity contribution is 0.102. The van der Waals surface area contributed by atoms with Crippen LogP contribution in [-0.2, 0) is 26.6 Å². The van der Waals surface area contributed by atoms with Crippen LogP contribution in [0.5, 0.6) is 0 Å². The molecule has 0 unspecified atom stereocenters. The van der Waals surface area contributed by atoms with Gasteiger partial charge in [0.1, 0.15) is 11.1 Å². The third-order valence-electron chi connectivity index (χ3n) is 4.55. The molecule has 7 nitrogen and oxygen atoms in total. The summed E-state index contributed by atoms with van der Waals surface area (Å²) in [5, 5.41) is 17.1. The molecule has 8 heteroatoms. The zero-order valence-electron chi connectivity index (χ0n) is 14.8. The third kappa shape index (κ3) is 3.60. The summed E-state index contributed by atoms with van der Waals surface area (Å²) in [5.41, 5.74) is 3.15. The van der Waals surface area contributed by atoms with E-state index in [4.69, 9.17) is 0 Å². The average Bonchev–Trinajstić information content (AvgIpc) is 3.25. The number of anilines is 1. The number of fused-ring (bicyclic) bond motifs is 1. The average molecular weight is 378 g/mol. The van der Waals surface area contributed by atoms with Gasteiger partial charge in [-0.05, 0) is 24.1 Å². The molecule has 3 aromatic rings. The van der Waals surface area contributed by atoms with E-state index >= 15 is 0 Å². The molecule has 0 spiro atoms. The fourth-order valence-electron chi connectivity index (χ4n) is 3.23. The van der Waals surface area contributed by atoms with Crippen molar-refractivity contribution in [2.45, 2.75) is 19.5 Å². The van der Waals surface area contributed by atoms with Gasteiger partial charge < -0.3 is 5.32 Å². The van der Waals surface area contributed by atoms with Gasteiger partial charge in [0.15, 0.2) is 0 Å². The van der Waals surface area contributed by atoms with Crippen LogP contribution >= 0.6 is 11.3 Å². The minimum Gasteiger partial charge on any atom is -0.312 e. The second kappa shape index (κ2) is 7.31. The molecule has 4 rings (SSSR count). The van der Waals surface area contributed by atoms with Crippen LogP contribution in [0.3, 0.4) is 0 Å². The predicted octanol–water partition coefficient (Wildman–Crippen LogP) is 2.56. The molecule has 0 fully saturated rings. The van der Waals surface area contributed by atoms with Gasteiger partial charge in [-0.1, -0.05) is 6.07 Å². The van der Waals surface area contributed by atoms with Crippen LogP contribution in [0.2, 0.25) is 0 Å². The van der Waals surface area contributed by atoms with E-state index in [0.717, 1.165) is 42.2 Å². The second-order valence-electron chi connectivity index (χ2n) is 6.46. The Morgan fingerprint density at radius 3 is 3.04 bits per heavy atom. The van der Waals surface area contributed by atoms with Crippen LogP contribution in [-0.4, -0.2) is 32.1 Å². The topological polar surface area (TPSA) is 86.8 Å². The fraction of sp³-hybridized carbons (Fsp3) is 0.263. The number of nitrogens with one attached hydrogen (secondary N) is 1. The Hall–Kier alpha value is -3.02. The number of aryl methyl sites for hydroxylation is 1. The molecule has 1 aliphatic rings. The number of hydrogen-bond acceptors (Lipinski definition) is 6. The van der Waals surface area contributed by atoms with E-state index < -0.39 is 0 Å². The monoisotopic (exact) mass is 378 g/mol. The van der Waals surface area contributed by atoms with E-state index in [1.165, 1.54) is 17.5 Å². The summed E-state index contributed by atoms with van der Waals surface area (Å²) in [5.74, 6) is -0.247. The SMILES string of the molecule is Cn1cc(C(=O)Nc2sc3c(c2C#N)CCN(Cc2ccccn2)C3)cn1. The number of rotatable bonds is 4. The summed E-state index contributed by atoms with van der Waals surface area (Å²) in [4.78, 5) is 20.3. The van der Waals surface area contributed by atoms with E-state index in [-0.39, 0.29) is 5.91 Å². The second-order valence-corrected chi connectivity index (χ2v) is 7.56. The summed E-state index contributed by atoms with van der Waals surface area (Å²) in [6.07, 6.45) is 5.77. The zero-order chi connectivity index (χ0) is 18.8. The molecule has 0 radical (unpaired) electrons. The highest BCUT2D eigenvalue weighted by Crippen LogP contribution is 2.37. The minimum atomic E-state index is -0.247. The lowest BCUT2D eigenvalue weighted by Crippen LogP contribution is -2.29. The molecule has 0 bridgehead atoms. The van der Waals surface area contributed by atoms with Crippen molar-refractivity contribution in [1.82, 2.24) is 19.7 Å². The van der Waals surface area contributed by atoms with E-state index in [1.54, 1.807) is 24.1 Å². The molecule has 0 saturated carbocycles. The fourth-order valence-corrected chi connectivity index (χ4v) is 4.47. The molecule has 0 saturated heterocycles. The first-order valence-electron chi connectivity index (χ1n) is 8.61. The van der Waals surface area contributed by atoms with Crippen LogP contribution in [0.1, 0.15) is 32.1 Å². The predicted molar refractivity (Wildman–Crippen MR) is 102 cm³/mol. The maximum Gasteiger partial charge on any atom is 0.259 e. The highest BCUT2D eigenvalue weighted by molar-refractivity contribution is 7.16. The first-order chi connectivity index (χ1) is 13.1. The van der Waals surface area contributed by atoms with Gasteiger partial charge in [-0.2, -0.15) is 10.4 Å². The molecular formula is C19H18N6OS. The molecule has 136 valence electrons. The molecule has 4 heterocycles. The molecule has 0 atom stereocenters. The van der Waals surface area contributed by atoms with Crippen molar-refractivity contribution in [3.8, 4) is 6.07 Å². The Morgan fingerprint density at radius 1 is 1.44 bits per heavy atom. The molecule has 27 heavy (non-hydrogen) atoms. The number of amides is 1. The lowest BCUT2D eigenvalue weighted by Gasteiger charge is -2.26. The van der Waals surface area contributed by atoms with E-state index in [0.29, 0.717) is 16.1 Å². The largest absolute Gasteiger partial charge is 0.312 e. The number of nitrogens with zero attached hydrogens (tertiary/aromatic N) is 5. The van der Waals surface area contributed by atoms with Crippen molar-refractivity contribution in [3.05, 3.63) is 64.1 Å². The van der Waals surface area contributed by atoms with Gasteiger partial charge in [-0.15, -0.1) is 11.3 Å². The summed E-state index contributed by atoms with van der Waals surface area (Å²) in [6.45, 7) is 2.40. The summed E-state index contributed by atoms with van der Waals surface area (Å²) in [7, 11) is 1.76. The van der Waals surface area contributed by atoms with Gasteiger partial charge in [-0.3, -0.25) is 19.4 Å². The molecule has 0 aromatic carbocycles. The number of aromatic nitrogens is 3. The molecule has 1 N–H and O–H groups in total. The Kier molecular flexibility index (Phi) is 4.71. The minimum absolute atomic E-state index is 0.247. The number of carbonyl (C=O) groups excluding carboxylic acids is 1. The van der Waals surface area contributed by atoms with E-state index in [9.17, 15) is 10.1 Å². The summed E-state index contributed by atoms with van der Waals surface area (Å²) >= 11 is 1.49. The first-order valence-corrected chi connectivity index (χ1v) is 9.42. The van der Waals surface area contributed by atoms with E-state index in [1.807, 2.05) is 18.2 Å². The number of hydrogen-bond donors (Lipinski definition) is 1. The quantitative estimate of drug-likeness (QED) is 0.754.